The van der Waals surface area contributed by atoms with Crippen LogP contribution in [-0.2, 0) is 6.54 Å². The van der Waals surface area contributed by atoms with Gasteiger partial charge in [-0.05, 0) is 19.1 Å². The average molecular weight is 298 g/mol. The van der Waals surface area contributed by atoms with Crippen molar-refractivity contribution in [3.63, 3.8) is 0 Å². The lowest BCUT2D eigenvalue weighted by Gasteiger charge is -2.36. The number of ether oxygens (including phenoxy) is 1. The first-order valence-corrected chi connectivity index (χ1v) is 7.64. The second kappa shape index (κ2) is 6.85. The van der Waals surface area contributed by atoms with Gasteiger partial charge in [-0.3, -0.25) is 4.90 Å². The summed E-state index contributed by atoms with van der Waals surface area (Å²) < 4.78 is 5.54. The van der Waals surface area contributed by atoms with Gasteiger partial charge in [0.2, 0.25) is 0 Å². The van der Waals surface area contributed by atoms with Crippen molar-refractivity contribution in [2.45, 2.75) is 19.5 Å². The number of rotatable bonds is 4. The molecule has 0 amide bonds. The van der Waals surface area contributed by atoms with Crippen LogP contribution in [0.1, 0.15) is 23.1 Å². The number of nitrogens with zero attached hydrogens (tertiary/aromatic N) is 3. The van der Waals surface area contributed by atoms with Gasteiger partial charge < -0.3 is 10.1 Å². The molecule has 1 atom stereocenters. The highest BCUT2D eigenvalue weighted by Gasteiger charge is 2.26. The van der Waals surface area contributed by atoms with Crippen LogP contribution in [0.3, 0.4) is 0 Å². The van der Waals surface area contributed by atoms with E-state index < -0.39 is 0 Å². The van der Waals surface area contributed by atoms with E-state index in [2.05, 4.69) is 32.3 Å². The Morgan fingerprint density at radius 3 is 3.00 bits per heavy atom. The summed E-state index contributed by atoms with van der Waals surface area (Å²) in [5, 5.41) is 3.48. The largest absolute Gasteiger partial charge is 0.496 e. The van der Waals surface area contributed by atoms with E-state index in [9.17, 15) is 0 Å². The Morgan fingerprint density at radius 2 is 2.18 bits per heavy atom. The number of benzene rings is 1. The smallest absolute Gasteiger partial charge is 0.125 e. The molecule has 1 N–H and O–H groups in total. The molecule has 22 heavy (non-hydrogen) atoms. The molecule has 1 aliphatic rings. The zero-order chi connectivity index (χ0) is 15.4. The quantitative estimate of drug-likeness (QED) is 0.935. The van der Waals surface area contributed by atoms with Crippen LogP contribution in [0.5, 0.6) is 5.75 Å². The van der Waals surface area contributed by atoms with E-state index in [0.29, 0.717) is 6.04 Å². The molecule has 0 spiro atoms. The van der Waals surface area contributed by atoms with E-state index in [4.69, 9.17) is 4.74 Å². The molecule has 1 fully saturated rings. The van der Waals surface area contributed by atoms with E-state index in [1.165, 1.54) is 5.56 Å². The molecule has 1 aliphatic heterocycles. The molecule has 0 saturated carbocycles. The second-order valence-electron chi connectivity index (χ2n) is 5.53. The van der Waals surface area contributed by atoms with Gasteiger partial charge in [-0.25, -0.2) is 9.97 Å². The molecule has 1 aromatic heterocycles. The molecule has 2 heterocycles. The molecule has 0 unspecified atom stereocenters. The molecule has 5 nitrogen and oxygen atoms in total. The highest BCUT2D eigenvalue weighted by Crippen LogP contribution is 2.30. The molecule has 116 valence electrons. The average Bonchev–Trinajstić information content (AvgIpc) is 2.55. The topological polar surface area (TPSA) is 50.3 Å². The van der Waals surface area contributed by atoms with Gasteiger partial charge in [-0.15, -0.1) is 0 Å². The van der Waals surface area contributed by atoms with Gasteiger partial charge >= 0.3 is 0 Å². The summed E-state index contributed by atoms with van der Waals surface area (Å²) in [6.45, 7) is 5.67. The molecule has 0 radical (unpaired) electrons. The number of methoxy groups -OCH3 is 1. The fourth-order valence-corrected chi connectivity index (χ4v) is 2.99. The lowest BCUT2D eigenvalue weighted by atomic mass is 10.0. The Labute approximate surface area is 131 Å². The first kappa shape index (κ1) is 14.9. The Morgan fingerprint density at radius 1 is 1.32 bits per heavy atom. The first-order chi connectivity index (χ1) is 10.8. The highest BCUT2D eigenvalue weighted by atomic mass is 16.5. The molecule has 2 aromatic rings. The maximum absolute atomic E-state index is 5.54. The van der Waals surface area contributed by atoms with Crippen molar-refractivity contribution in [3.05, 3.63) is 53.6 Å². The van der Waals surface area contributed by atoms with Gasteiger partial charge in [0.25, 0.3) is 0 Å². The normalized spacial score (nSPS) is 19.1. The van der Waals surface area contributed by atoms with E-state index in [0.717, 1.165) is 43.4 Å². The van der Waals surface area contributed by atoms with Crippen LogP contribution in [0.4, 0.5) is 0 Å². The Bertz CT molecular complexity index is 632. The van der Waals surface area contributed by atoms with Crippen molar-refractivity contribution in [3.8, 4) is 5.75 Å². The fraction of sp³-hybridized carbons (Fsp3) is 0.412. The predicted molar refractivity (Wildman–Crippen MR) is 85.8 cm³/mol. The first-order valence-electron chi connectivity index (χ1n) is 7.64. The Hall–Kier alpha value is -1.98. The number of piperazine rings is 1. The molecule has 3 rings (SSSR count). The maximum atomic E-state index is 5.54. The van der Waals surface area contributed by atoms with Crippen molar-refractivity contribution in [1.29, 1.82) is 0 Å². The summed E-state index contributed by atoms with van der Waals surface area (Å²) in [7, 11) is 1.73. The molecule has 0 aliphatic carbocycles. The van der Waals surface area contributed by atoms with Crippen LogP contribution in [0.25, 0.3) is 0 Å². The van der Waals surface area contributed by atoms with Crippen molar-refractivity contribution in [2.24, 2.45) is 0 Å². The highest BCUT2D eigenvalue weighted by molar-refractivity contribution is 5.36. The molecular weight excluding hydrogens is 276 g/mol. The summed E-state index contributed by atoms with van der Waals surface area (Å²) in [4.78, 5) is 11.2. The molecule has 1 saturated heterocycles. The summed E-state index contributed by atoms with van der Waals surface area (Å²) in [6.07, 6.45) is 1.83. The van der Waals surface area contributed by atoms with E-state index in [-0.39, 0.29) is 0 Å². The van der Waals surface area contributed by atoms with Gasteiger partial charge in [-0.2, -0.15) is 0 Å². The summed E-state index contributed by atoms with van der Waals surface area (Å²) in [5.41, 5.74) is 2.29. The number of aryl methyl sites for hydroxylation is 1. The predicted octanol–water partition coefficient (Wildman–Crippen LogP) is 1.94. The van der Waals surface area contributed by atoms with Gasteiger partial charge in [0, 0.05) is 37.9 Å². The lowest BCUT2D eigenvalue weighted by molar-refractivity contribution is 0.149. The van der Waals surface area contributed by atoms with Gasteiger partial charge in [-0.1, -0.05) is 18.2 Å². The van der Waals surface area contributed by atoms with Crippen molar-refractivity contribution >= 4 is 0 Å². The van der Waals surface area contributed by atoms with Crippen LogP contribution in [-0.4, -0.2) is 41.6 Å². The summed E-state index contributed by atoms with van der Waals surface area (Å²) in [5.74, 6) is 1.77. The van der Waals surface area contributed by atoms with Crippen molar-refractivity contribution < 1.29 is 4.74 Å². The van der Waals surface area contributed by atoms with Gasteiger partial charge in [0.15, 0.2) is 0 Å². The molecule has 0 bridgehead atoms. The minimum Gasteiger partial charge on any atom is -0.496 e. The van der Waals surface area contributed by atoms with Gasteiger partial charge in [0.05, 0.1) is 18.8 Å². The molecular formula is C17H22N4O. The zero-order valence-electron chi connectivity index (χ0n) is 13.1. The number of hydrogen-bond acceptors (Lipinski definition) is 5. The third-order valence-corrected chi connectivity index (χ3v) is 4.05. The van der Waals surface area contributed by atoms with Crippen molar-refractivity contribution in [2.75, 3.05) is 26.7 Å². The number of hydrogen-bond donors (Lipinski definition) is 1. The second-order valence-corrected chi connectivity index (χ2v) is 5.53. The minimum absolute atomic E-state index is 0.292. The standard InChI is InChI=1S/C17H22N4O/c1-13-19-8-7-14(20-13)12-21-10-9-18-11-16(21)15-5-3-4-6-17(15)22-2/h3-8,16,18H,9-12H2,1-2H3/t16-/m0/s1. The third-order valence-electron chi connectivity index (χ3n) is 4.05. The van der Waals surface area contributed by atoms with Crippen LogP contribution in [0, 0.1) is 6.92 Å². The van der Waals surface area contributed by atoms with Crippen LogP contribution < -0.4 is 10.1 Å². The number of nitrogens with one attached hydrogen (secondary N) is 1. The number of para-hydroxylation sites is 1. The van der Waals surface area contributed by atoms with Gasteiger partial charge in [0.1, 0.15) is 11.6 Å². The number of aromatic nitrogens is 2. The van der Waals surface area contributed by atoms with Crippen molar-refractivity contribution in [1.82, 2.24) is 20.2 Å². The van der Waals surface area contributed by atoms with Crippen LogP contribution in [0.2, 0.25) is 0 Å². The van der Waals surface area contributed by atoms with Crippen LogP contribution in [0.15, 0.2) is 36.5 Å². The zero-order valence-corrected chi connectivity index (χ0v) is 13.1. The summed E-state index contributed by atoms with van der Waals surface area (Å²) in [6, 6.07) is 10.5. The monoisotopic (exact) mass is 298 g/mol. The molecule has 5 heteroatoms. The summed E-state index contributed by atoms with van der Waals surface area (Å²) >= 11 is 0. The van der Waals surface area contributed by atoms with E-state index >= 15 is 0 Å². The molecule has 1 aromatic carbocycles. The Kier molecular flexibility index (Phi) is 4.65. The third kappa shape index (κ3) is 3.26. The van der Waals surface area contributed by atoms with E-state index in [1.54, 1.807) is 7.11 Å². The SMILES string of the molecule is COc1ccccc1[C@@H]1CNCCN1Cc1ccnc(C)n1. The van der Waals surface area contributed by atoms with E-state index in [1.807, 2.05) is 31.3 Å². The fourth-order valence-electron chi connectivity index (χ4n) is 2.99. The minimum atomic E-state index is 0.292. The van der Waals surface area contributed by atoms with Crippen LogP contribution >= 0.6 is 0 Å². The lowest BCUT2D eigenvalue weighted by Crippen LogP contribution is -2.45. The Balaban J connectivity index is 1.85. The maximum Gasteiger partial charge on any atom is 0.125 e.